The summed E-state index contributed by atoms with van der Waals surface area (Å²) in [5.74, 6) is 0.221. The second kappa shape index (κ2) is 4.97. The molecule has 0 spiro atoms. The van der Waals surface area contributed by atoms with Gasteiger partial charge in [0.1, 0.15) is 6.04 Å². The highest BCUT2D eigenvalue weighted by Gasteiger charge is 2.30. The van der Waals surface area contributed by atoms with Gasteiger partial charge in [-0.05, 0) is 30.0 Å². The molecule has 1 heterocycles. The summed E-state index contributed by atoms with van der Waals surface area (Å²) >= 11 is 3.45. The van der Waals surface area contributed by atoms with Crippen LogP contribution in [0.1, 0.15) is 17.9 Å². The minimum absolute atomic E-state index is 0.158. The molecule has 1 aromatic carbocycles. The monoisotopic (exact) mass is 283 g/mol. The molecule has 2 rings (SSSR count). The van der Waals surface area contributed by atoms with Gasteiger partial charge in [0.15, 0.2) is 0 Å². The minimum Gasteiger partial charge on any atom is -0.468 e. The summed E-state index contributed by atoms with van der Waals surface area (Å²) < 4.78 is 5.81. The van der Waals surface area contributed by atoms with Crippen LogP contribution in [0.2, 0.25) is 0 Å². The number of rotatable bonds is 2. The molecule has 86 valence electrons. The molecule has 0 bridgehead atoms. The molecule has 0 amide bonds. The fraction of sp³-hybridized carbons (Fsp3) is 0.417. The van der Waals surface area contributed by atoms with Crippen LogP contribution in [0.3, 0.4) is 0 Å². The Morgan fingerprint density at radius 1 is 1.56 bits per heavy atom. The maximum atomic E-state index is 11.4. The molecule has 0 saturated carbocycles. The van der Waals surface area contributed by atoms with Gasteiger partial charge in [0.25, 0.3) is 0 Å². The van der Waals surface area contributed by atoms with Gasteiger partial charge in [-0.1, -0.05) is 28.1 Å². The quantitative estimate of drug-likeness (QED) is 0.845. The van der Waals surface area contributed by atoms with Crippen LogP contribution in [0.4, 0.5) is 0 Å². The van der Waals surface area contributed by atoms with Crippen LogP contribution in [0.5, 0.6) is 0 Å². The molecule has 16 heavy (non-hydrogen) atoms. The number of carbonyl (C=O) groups excluding carboxylic acids is 1. The Labute approximate surface area is 103 Å². The normalized spacial score (nSPS) is 24.4. The average Bonchev–Trinajstić information content (AvgIpc) is 2.77. The second-order valence-corrected chi connectivity index (χ2v) is 4.89. The number of ether oxygens (including phenoxy) is 1. The molecule has 1 N–H and O–H groups in total. The molecule has 1 fully saturated rings. The topological polar surface area (TPSA) is 38.3 Å². The van der Waals surface area contributed by atoms with E-state index in [2.05, 4.69) is 33.4 Å². The average molecular weight is 284 g/mol. The van der Waals surface area contributed by atoms with Crippen LogP contribution in [-0.2, 0) is 9.53 Å². The van der Waals surface area contributed by atoms with E-state index < -0.39 is 0 Å². The summed E-state index contributed by atoms with van der Waals surface area (Å²) in [5.41, 5.74) is 1.26. The third-order valence-corrected chi connectivity index (χ3v) is 3.43. The van der Waals surface area contributed by atoms with Crippen LogP contribution in [-0.4, -0.2) is 25.7 Å². The lowest BCUT2D eigenvalue weighted by Crippen LogP contribution is -2.31. The lowest BCUT2D eigenvalue weighted by Gasteiger charge is -2.09. The first-order chi connectivity index (χ1) is 7.70. The van der Waals surface area contributed by atoms with Crippen molar-refractivity contribution >= 4 is 21.9 Å². The predicted octanol–water partition coefficient (Wildman–Crippen LogP) is 2.07. The Bertz CT molecular complexity index is 394. The van der Waals surface area contributed by atoms with E-state index in [0.717, 1.165) is 17.4 Å². The van der Waals surface area contributed by atoms with E-state index >= 15 is 0 Å². The Morgan fingerprint density at radius 2 is 2.38 bits per heavy atom. The highest BCUT2D eigenvalue weighted by molar-refractivity contribution is 9.10. The first kappa shape index (κ1) is 11.6. The number of esters is 1. The van der Waals surface area contributed by atoms with Gasteiger partial charge in [-0.3, -0.25) is 4.79 Å². The summed E-state index contributed by atoms with van der Waals surface area (Å²) in [5, 5.41) is 3.19. The Morgan fingerprint density at radius 3 is 3.06 bits per heavy atom. The Hall–Kier alpha value is -0.870. The van der Waals surface area contributed by atoms with E-state index in [9.17, 15) is 4.79 Å². The van der Waals surface area contributed by atoms with Crippen LogP contribution < -0.4 is 5.32 Å². The van der Waals surface area contributed by atoms with E-state index in [1.165, 1.54) is 12.7 Å². The lowest BCUT2D eigenvalue weighted by molar-refractivity contribution is -0.142. The van der Waals surface area contributed by atoms with Crippen LogP contribution >= 0.6 is 15.9 Å². The van der Waals surface area contributed by atoms with E-state index in [1.54, 1.807) is 0 Å². The first-order valence-corrected chi connectivity index (χ1v) is 6.06. The highest BCUT2D eigenvalue weighted by atomic mass is 79.9. The zero-order valence-corrected chi connectivity index (χ0v) is 10.7. The smallest absolute Gasteiger partial charge is 0.322 e. The largest absolute Gasteiger partial charge is 0.468 e. The fourth-order valence-electron chi connectivity index (χ4n) is 2.07. The zero-order chi connectivity index (χ0) is 11.5. The summed E-state index contributed by atoms with van der Waals surface area (Å²) in [6, 6.07) is 8.06. The molecule has 2 unspecified atom stereocenters. The highest BCUT2D eigenvalue weighted by Crippen LogP contribution is 2.27. The molecule has 0 aromatic heterocycles. The van der Waals surface area contributed by atoms with Crippen molar-refractivity contribution in [3.8, 4) is 0 Å². The van der Waals surface area contributed by atoms with E-state index in [0.29, 0.717) is 5.92 Å². The van der Waals surface area contributed by atoms with E-state index in [4.69, 9.17) is 4.74 Å². The van der Waals surface area contributed by atoms with E-state index in [-0.39, 0.29) is 12.0 Å². The Kier molecular flexibility index (Phi) is 3.61. The van der Waals surface area contributed by atoms with Crippen molar-refractivity contribution in [2.45, 2.75) is 18.4 Å². The summed E-state index contributed by atoms with van der Waals surface area (Å²) in [6.45, 7) is 0.830. The maximum absolute atomic E-state index is 11.4. The molecule has 1 aliphatic rings. The molecule has 3 nitrogen and oxygen atoms in total. The van der Waals surface area contributed by atoms with Gasteiger partial charge >= 0.3 is 5.97 Å². The molecular weight excluding hydrogens is 270 g/mol. The molecule has 1 aliphatic heterocycles. The third-order valence-electron chi connectivity index (χ3n) is 2.94. The van der Waals surface area contributed by atoms with Gasteiger partial charge in [-0.25, -0.2) is 0 Å². The van der Waals surface area contributed by atoms with E-state index in [1.807, 2.05) is 12.1 Å². The van der Waals surface area contributed by atoms with Gasteiger partial charge in [-0.15, -0.1) is 0 Å². The molecule has 1 aromatic rings. The summed E-state index contributed by atoms with van der Waals surface area (Å²) in [7, 11) is 1.43. The van der Waals surface area contributed by atoms with Crippen molar-refractivity contribution in [3.05, 3.63) is 34.3 Å². The van der Waals surface area contributed by atoms with Crippen LogP contribution in [0, 0.1) is 0 Å². The number of hydrogen-bond donors (Lipinski definition) is 1. The molecule has 0 radical (unpaired) electrons. The molecule has 1 saturated heterocycles. The van der Waals surface area contributed by atoms with Crippen LogP contribution in [0.25, 0.3) is 0 Å². The van der Waals surface area contributed by atoms with Crippen molar-refractivity contribution in [1.29, 1.82) is 0 Å². The number of carbonyl (C=O) groups is 1. The Balaban J connectivity index is 2.06. The third kappa shape index (κ3) is 2.44. The summed E-state index contributed by atoms with van der Waals surface area (Å²) in [4.78, 5) is 11.4. The summed E-state index contributed by atoms with van der Waals surface area (Å²) in [6.07, 6.45) is 0.809. The van der Waals surface area contributed by atoms with Crippen molar-refractivity contribution < 1.29 is 9.53 Å². The number of hydrogen-bond acceptors (Lipinski definition) is 3. The standard InChI is InChI=1S/C12H14BrNO2/c1-16-12(15)11-6-9(7-14-11)8-3-2-4-10(13)5-8/h2-5,9,11,14H,6-7H2,1H3. The zero-order valence-electron chi connectivity index (χ0n) is 9.07. The fourth-order valence-corrected chi connectivity index (χ4v) is 2.49. The van der Waals surface area contributed by atoms with Crippen LogP contribution in [0.15, 0.2) is 28.7 Å². The number of benzene rings is 1. The van der Waals surface area contributed by atoms with Gasteiger partial charge in [0.2, 0.25) is 0 Å². The molecule has 0 aliphatic carbocycles. The SMILES string of the molecule is COC(=O)C1CC(c2cccc(Br)c2)CN1. The minimum atomic E-state index is -0.169. The van der Waals surface area contributed by atoms with Crippen molar-refractivity contribution in [1.82, 2.24) is 5.32 Å². The lowest BCUT2D eigenvalue weighted by atomic mass is 9.96. The number of methoxy groups -OCH3 is 1. The second-order valence-electron chi connectivity index (χ2n) is 3.97. The predicted molar refractivity (Wildman–Crippen MR) is 65.3 cm³/mol. The maximum Gasteiger partial charge on any atom is 0.322 e. The van der Waals surface area contributed by atoms with Crippen molar-refractivity contribution in [2.24, 2.45) is 0 Å². The first-order valence-electron chi connectivity index (χ1n) is 5.27. The van der Waals surface area contributed by atoms with Crippen molar-refractivity contribution in [2.75, 3.05) is 13.7 Å². The van der Waals surface area contributed by atoms with Gasteiger partial charge in [-0.2, -0.15) is 0 Å². The number of nitrogens with one attached hydrogen (secondary N) is 1. The van der Waals surface area contributed by atoms with Gasteiger partial charge in [0.05, 0.1) is 7.11 Å². The van der Waals surface area contributed by atoms with Crippen molar-refractivity contribution in [3.63, 3.8) is 0 Å². The number of halogens is 1. The molecule has 2 atom stereocenters. The van der Waals surface area contributed by atoms with Gasteiger partial charge in [0, 0.05) is 11.0 Å². The molecule has 4 heteroatoms. The molecular formula is C12H14BrNO2. The van der Waals surface area contributed by atoms with Gasteiger partial charge < -0.3 is 10.1 Å².